The van der Waals surface area contributed by atoms with Crippen molar-refractivity contribution in [3.63, 3.8) is 0 Å². The zero-order chi connectivity index (χ0) is 10.3. The van der Waals surface area contributed by atoms with Crippen molar-refractivity contribution in [3.05, 3.63) is 37.9 Å². The summed E-state index contributed by atoms with van der Waals surface area (Å²) >= 11 is 21.1. The molecule has 1 aromatic carbocycles. The van der Waals surface area contributed by atoms with E-state index in [2.05, 4.69) is 20.9 Å². The topological polar surface area (TPSA) is 12.9 Å². The van der Waals surface area contributed by atoms with Gasteiger partial charge in [0.1, 0.15) is 4.60 Å². The van der Waals surface area contributed by atoms with Gasteiger partial charge in [-0.1, -0.05) is 34.8 Å². The molecule has 0 N–H and O–H groups in total. The summed E-state index contributed by atoms with van der Waals surface area (Å²) in [5.74, 6) is 0. The van der Waals surface area contributed by atoms with Crippen molar-refractivity contribution in [2.24, 2.45) is 0 Å². The predicted molar refractivity (Wildman–Crippen MR) is 64.5 cm³/mol. The molecule has 0 aliphatic carbocycles. The number of hydrogen-bond donors (Lipinski definition) is 0. The molecule has 0 amide bonds. The van der Waals surface area contributed by atoms with E-state index in [1.807, 2.05) is 6.07 Å². The van der Waals surface area contributed by atoms with E-state index >= 15 is 0 Å². The number of aromatic nitrogens is 1. The van der Waals surface area contributed by atoms with Crippen LogP contribution >= 0.6 is 50.7 Å². The first-order valence-electron chi connectivity index (χ1n) is 3.69. The lowest BCUT2D eigenvalue weighted by Crippen LogP contribution is -1.83. The second-order valence-corrected chi connectivity index (χ2v) is 4.69. The molecule has 2 rings (SSSR count). The summed E-state index contributed by atoms with van der Waals surface area (Å²) in [4.78, 5) is 4.22. The van der Waals surface area contributed by atoms with Gasteiger partial charge in [0, 0.05) is 5.39 Å². The van der Waals surface area contributed by atoms with Gasteiger partial charge in [-0.05, 0) is 34.1 Å². The van der Waals surface area contributed by atoms with Crippen molar-refractivity contribution < 1.29 is 0 Å². The van der Waals surface area contributed by atoms with Gasteiger partial charge in [0.2, 0.25) is 0 Å². The third-order valence-electron chi connectivity index (χ3n) is 1.79. The second kappa shape index (κ2) is 3.86. The van der Waals surface area contributed by atoms with E-state index < -0.39 is 0 Å². The summed E-state index contributed by atoms with van der Waals surface area (Å²) in [5.41, 5.74) is 0.649. The van der Waals surface area contributed by atoms with Crippen molar-refractivity contribution >= 4 is 61.6 Å². The van der Waals surface area contributed by atoms with Gasteiger partial charge in [-0.15, -0.1) is 0 Å². The summed E-state index contributed by atoms with van der Waals surface area (Å²) in [6.45, 7) is 0. The van der Waals surface area contributed by atoms with Crippen LogP contribution in [0.4, 0.5) is 0 Å². The molecule has 1 aromatic heterocycles. The van der Waals surface area contributed by atoms with E-state index in [-0.39, 0.29) is 0 Å². The molecule has 0 saturated carbocycles. The highest BCUT2D eigenvalue weighted by molar-refractivity contribution is 9.10. The number of nitrogens with zero attached hydrogens (tertiary/aromatic N) is 1. The zero-order valence-corrected chi connectivity index (χ0v) is 10.5. The molecular formula is C9H3BrCl3N. The summed E-state index contributed by atoms with van der Waals surface area (Å²) in [7, 11) is 0. The van der Waals surface area contributed by atoms with Crippen LogP contribution in [0.2, 0.25) is 15.1 Å². The monoisotopic (exact) mass is 309 g/mol. The molecule has 2 aromatic rings. The number of rotatable bonds is 0. The number of hydrogen-bond acceptors (Lipinski definition) is 1. The first kappa shape index (κ1) is 10.5. The molecule has 0 aliphatic heterocycles. The summed E-state index contributed by atoms with van der Waals surface area (Å²) in [6, 6.07) is 5.21. The standard InChI is InChI=1S/C9H3BrCl3N/c10-7-2-1-4-8(13)5(11)3-6(12)9(4)14-7/h1-3H. The molecule has 1 nitrogen and oxygen atoms in total. The molecule has 0 fully saturated rings. The molecule has 0 spiro atoms. The first-order valence-corrected chi connectivity index (χ1v) is 5.62. The molecule has 0 bridgehead atoms. The lowest BCUT2D eigenvalue weighted by Gasteiger charge is -2.04. The van der Waals surface area contributed by atoms with Crippen LogP contribution in [0.25, 0.3) is 10.9 Å². The molecule has 0 radical (unpaired) electrons. The summed E-state index contributed by atoms with van der Waals surface area (Å²) < 4.78 is 0.713. The van der Waals surface area contributed by atoms with Crippen molar-refractivity contribution in [1.82, 2.24) is 4.98 Å². The Morgan fingerprint density at radius 1 is 1.07 bits per heavy atom. The Kier molecular flexibility index (Phi) is 2.89. The Bertz CT molecular complexity index is 513. The van der Waals surface area contributed by atoms with Gasteiger partial charge in [-0.25, -0.2) is 4.98 Å². The predicted octanol–water partition coefficient (Wildman–Crippen LogP) is 4.96. The highest BCUT2D eigenvalue weighted by Gasteiger charge is 2.09. The maximum atomic E-state index is 6.00. The van der Waals surface area contributed by atoms with E-state index in [0.717, 1.165) is 5.39 Å². The van der Waals surface area contributed by atoms with Gasteiger partial charge in [0.25, 0.3) is 0 Å². The second-order valence-electron chi connectivity index (χ2n) is 2.68. The largest absolute Gasteiger partial charge is 0.239 e. The van der Waals surface area contributed by atoms with Crippen LogP contribution in [0, 0.1) is 0 Å². The van der Waals surface area contributed by atoms with Crippen LogP contribution in [-0.4, -0.2) is 4.98 Å². The van der Waals surface area contributed by atoms with Gasteiger partial charge < -0.3 is 0 Å². The molecule has 0 unspecified atom stereocenters. The van der Waals surface area contributed by atoms with Crippen LogP contribution in [0.1, 0.15) is 0 Å². The lowest BCUT2D eigenvalue weighted by atomic mass is 10.2. The highest BCUT2D eigenvalue weighted by Crippen LogP contribution is 2.35. The normalized spacial score (nSPS) is 10.9. The molecule has 14 heavy (non-hydrogen) atoms. The molecule has 0 saturated heterocycles. The fraction of sp³-hybridized carbons (Fsp3) is 0. The van der Waals surface area contributed by atoms with Crippen molar-refractivity contribution in [2.45, 2.75) is 0 Å². The van der Waals surface area contributed by atoms with Crippen LogP contribution in [0.15, 0.2) is 22.8 Å². The van der Waals surface area contributed by atoms with Crippen molar-refractivity contribution in [2.75, 3.05) is 0 Å². The van der Waals surface area contributed by atoms with Gasteiger partial charge in [0.05, 0.1) is 20.6 Å². The fourth-order valence-corrected chi connectivity index (χ4v) is 2.20. The van der Waals surface area contributed by atoms with Crippen molar-refractivity contribution in [3.8, 4) is 0 Å². The van der Waals surface area contributed by atoms with Crippen LogP contribution in [-0.2, 0) is 0 Å². The minimum atomic E-state index is 0.438. The average Bonchev–Trinajstić information content (AvgIpc) is 2.14. The van der Waals surface area contributed by atoms with Gasteiger partial charge in [-0.3, -0.25) is 0 Å². The Balaban J connectivity index is 2.94. The molecular weight excluding hydrogens is 308 g/mol. The quantitative estimate of drug-likeness (QED) is 0.495. The molecule has 1 heterocycles. The number of fused-ring (bicyclic) bond motifs is 1. The minimum absolute atomic E-state index is 0.438. The fourth-order valence-electron chi connectivity index (χ4n) is 1.17. The highest BCUT2D eigenvalue weighted by atomic mass is 79.9. The summed E-state index contributed by atoms with van der Waals surface area (Å²) in [6.07, 6.45) is 0. The summed E-state index contributed by atoms with van der Waals surface area (Å²) in [5, 5.41) is 2.17. The third-order valence-corrected chi connectivity index (χ3v) is 3.32. The lowest BCUT2D eigenvalue weighted by molar-refractivity contribution is 1.35. The Hall–Kier alpha value is -0.0200. The molecule has 72 valence electrons. The van der Waals surface area contributed by atoms with Crippen LogP contribution in [0.5, 0.6) is 0 Å². The number of pyridine rings is 1. The Labute approximate surface area is 104 Å². The minimum Gasteiger partial charge on any atom is -0.239 e. The van der Waals surface area contributed by atoms with Crippen LogP contribution in [0.3, 0.4) is 0 Å². The van der Waals surface area contributed by atoms with Crippen molar-refractivity contribution in [1.29, 1.82) is 0 Å². The first-order chi connectivity index (χ1) is 6.59. The number of halogens is 4. The molecule has 0 atom stereocenters. The van der Waals surface area contributed by atoms with Gasteiger partial charge in [0.15, 0.2) is 0 Å². The Morgan fingerprint density at radius 2 is 1.79 bits per heavy atom. The van der Waals surface area contributed by atoms with E-state index in [0.29, 0.717) is 25.2 Å². The maximum Gasteiger partial charge on any atom is 0.106 e. The number of benzene rings is 1. The van der Waals surface area contributed by atoms with E-state index in [9.17, 15) is 0 Å². The average molecular weight is 311 g/mol. The van der Waals surface area contributed by atoms with Gasteiger partial charge >= 0.3 is 0 Å². The SMILES string of the molecule is Clc1cc(Cl)c2nc(Br)ccc2c1Cl. The smallest absolute Gasteiger partial charge is 0.106 e. The van der Waals surface area contributed by atoms with E-state index in [1.165, 1.54) is 0 Å². The zero-order valence-electron chi connectivity index (χ0n) is 6.69. The van der Waals surface area contributed by atoms with Crippen LogP contribution < -0.4 is 0 Å². The van der Waals surface area contributed by atoms with E-state index in [1.54, 1.807) is 12.1 Å². The van der Waals surface area contributed by atoms with Gasteiger partial charge in [-0.2, -0.15) is 0 Å². The third kappa shape index (κ3) is 1.72. The molecule has 0 aliphatic rings. The van der Waals surface area contributed by atoms with E-state index in [4.69, 9.17) is 34.8 Å². The Morgan fingerprint density at radius 3 is 2.50 bits per heavy atom. The maximum absolute atomic E-state index is 6.00. The molecule has 5 heteroatoms.